The lowest BCUT2D eigenvalue weighted by Gasteiger charge is -2.18. The number of halogens is 2. The van der Waals surface area contributed by atoms with Crippen molar-refractivity contribution in [3.05, 3.63) is 70.9 Å². The summed E-state index contributed by atoms with van der Waals surface area (Å²) < 4.78 is 35.2. The lowest BCUT2D eigenvalue weighted by atomic mass is 10.1. The molecular weight excluding hydrogens is 400 g/mol. The van der Waals surface area contributed by atoms with Gasteiger partial charge in [0.25, 0.3) is 0 Å². The Labute approximate surface area is 181 Å². The van der Waals surface area contributed by atoms with Crippen molar-refractivity contribution >= 4 is 5.91 Å². The molecule has 0 spiro atoms. The summed E-state index contributed by atoms with van der Waals surface area (Å²) in [6, 6.07) is 10.8. The molecule has 0 atom stereocenters. The van der Waals surface area contributed by atoms with Crippen LogP contribution in [0.15, 0.2) is 42.5 Å². The molecule has 0 bridgehead atoms. The molecule has 0 N–H and O–H groups in total. The van der Waals surface area contributed by atoms with Crippen LogP contribution in [0.2, 0.25) is 0 Å². The third kappa shape index (κ3) is 5.10. The summed E-state index contributed by atoms with van der Waals surface area (Å²) >= 11 is 0. The van der Waals surface area contributed by atoms with Crippen LogP contribution in [0.3, 0.4) is 0 Å². The van der Waals surface area contributed by atoms with Gasteiger partial charge >= 0.3 is 0 Å². The number of ether oxygens (including phenoxy) is 1. The number of carbonyl (C=O) groups is 1. The Balaban J connectivity index is 2.02. The van der Waals surface area contributed by atoms with E-state index in [4.69, 9.17) is 4.74 Å². The van der Waals surface area contributed by atoms with E-state index in [9.17, 15) is 13.6 Å². The minimum absolute atomic E-state index is 0.0339. The Hall–Kier alpha value is -3.22. The summed E-state index contributed by atoms with van der Waals surface area (Å²) in [6.45, 7) is 8.95. The number of carbonyl (C=O) groups excluding carboxylic acids is 1. The summed E-state index contributed by atoms with van der Waals surface area (Å²) in [5.41, 5.74) is 3.18. The van der Waals surface area contributed by atoms with Crippen LogP contribution in [0, 0.1) is 25.5 Å². The molecule has 7 heteroatoms. The van der Waals surface area contributed by atoms with Crippen molar-refractivity contribution in [1.29, 1.82) is 0 Å². The number of aryl methyl sites for hydroxylation is 2. The van der Waals surface area contributed by atoms with Gasteiger partial charge in [-0.25, -0.2) is 13.5 Å². The Kier molecular flexibility index (Phi) is 7.05. The van der Waals surface area contributed by atoms with Crippen LogP contribution in [0.1, 0.15) is 37.1 Å². The number of hydrogen-bond acceptors (Lipinski definition) is 3. The molecule has 0 unspecified atom stereocenters. The van der Waals surface area contributed by atoms with Gasteiger partial charge in [-0.05, 0) is 63.9 Å². The van der Waals surface area contributed by atoms with Gasteiger partial charge < -0.3 is 9.64 Å². The fourth-order valence-corrected chi connectivity index (χ4v) is 3.49. The molecule has 1 heterocycles. The molecule has 0 fully saturated rings. The highest BCUT2D eigenvalue weighted by Gasteiger charge is 2.22. The van der Waals surface area contributed by atoms with Crippen molar-refractivity contribution < 1.29 is 18.3 Å². The van der Waals surface area contributed by atoms with Gasteiger partial charge in [0.05, 0.1) is 11.4 Å². The monoisotopic (exact) mass is 427 g/mol. The topological polar surface area (TPSA) is 47.4 Å². The molecule has 0 saturated heterocycles. The second-order valence-electron chi connectivity index (χ2n) is 7.36. The fourth-order valence-electron chi connectivity index (χ4n) is 3.49. The molecule has 0 saturated carbocycles. The highest BCUT2D eigenvalue weighted by molar-refractivity contribution is 5.76. The van der Waals surface area contributed by atoms with E-state index in [1.54, 1.807) is 9.58 Å². The first-order chi connectivity index (χ1) is 14.8. The second-order valence-corrected chi connectivity index (χ2v) is 7.36. The average Bonchev–Trinajstić information content (AvgIpc) is 3.04. The Morgan fingerprint density at radius 3 is 2.48 bits per heavy atom. The molecule has 164 valence electrons. The van der Waals surface area contributed by atoms with E-state index in [0.29, 0.717) is 36.6 Å². The standard InChI is InChI=1S/C24H27F2N3O2/c1-5-28(6-2)23(30)13-11-20-17(4)27-29(19-9-7-8-16(3)14-19)24(20)31-22-12-10-18(25)15-21(22)26/h7-10,12,14-15H,5-6,11,13H2,1-4H3. The maximum Gasteiger partial charge on any atom is 0.226 e. The van der Waals surface area contributed by atoms with E-state index >= 15 is 0 Å². The van der Waals surface area contributed by atoms with Crippen LogP contribution < -0.4 is 4.74 Å². The molecule has 0 aliphatic carbocycles. The summed E-state index contributed by atoms with van der Waals surface area (Å²) in [7, 11) is 0. The average molecular weight is 427 g/mol. The fraction of sp³-hybridized carbons (Fsp3) is 0.333. The van der Waals surface area contributed by atoms with Crippen LogP contribution in [0.5, 0.6) is 11.6 Å². The number of aromatic nitrogens is 2. The highest BCUT2D eigenvalue weighted by Crippen LogP contribution is 2.33. The van der Waals surface area contributed by atoms with Gasteiger partial charge in [0.2, 0.25) is 11.8 Å². The maximum atomic E-state index is 14.3. The molecular formula is C24H27F2N3O2. The van der Waals surface area contributed by atoms with E-state index in [1.807, 2.05) is 52.0 Å². The number of rotatable bonds is 8. The SMILES string of the molecule is CCN(CC)C(=O)CCc1c(C)nn(-c2cccc(C)c2)c1Oc1ccc(F)cc1F. The summed E-state index contributed by atoms with van der Waals surface area (Å²) in [5.74, 6) is -1.24. The van der Waals surface area contributed by atoms with Gasteiger partial charge in [0, 0.05) is 31.1 Å². The molecule has 31 heavy (non-hydrogen) atoms. The summed E-state index contributed by atoms with van der Waals surface area (Å²) in [5, 5.41) is 4.60. The van der Waals surface area contributed by atoms with E-state index in [-0.39, 0.29) is 18.1 Å². The molecule has 3 aromatic rings. The van der Waals surface area contributed by atoms with Gasteiger partial charge in [-0.1, -0.05) is 12.1 Å². The third-order valence-electron chi connectivity index (χ3n) is 5.19. The van der Waals surface area contributed by atoms with E-state index in [2.05, 4.69) is 5.10 Å². The summed E-state index contributed by atoms with van der Waals surface area (Å²) in [4.78, 5) is 14.3. The number of benzene rings is 2. The van der Waals surface area contributed by atoms with Gasteiger partial charge in [-0.2, -0.15) is 5.10 Å². The first kappa shape index (κ1) is 22.5. The van der Waals surface area contributed by atoms with Crippen LogP contribution in [0.25, 0.3) is 5.69 Å². The maximum absolute atomic E-state index is 14.3. The van der Waals surface area contributed by atoms with Gasteiger partial charge in [-0.3, -0.25) is 4.79 Å². The Morgan fingerprint density at radius 1 is 1.10 bits per heavy atom. The molecule has 0 aliphatic heterocycles. The van der Waals surface area contributed by atoms with E-state index < -0.39 is 11.6 Å². The molecule has 1 amide bonds. The highest BCUT2D eigenvalue weighted by atomic mass is 19.1. The minimum Gasteiger partial charge on any atom is -0.436 e. The lowest BCUT2D eigenvalue weighted by molar-refractivity contribution is -0.130. The Bertz CT molecular complexity index is 1070. The first-order valence-electron chi connectivity index (χ1n) is 10.4. The molecule has 2 aromatic carbocycles. The normalized spacial score (nSPS) is 10.9. The minimum atomic E-state index is -0.806. The number of nitrogens with zero attached hydrogens (tertiary/aromatic N) is 3. The van der Waals surface area contributed by atoms with Crippen LogP contribution in [0.4, 0.5) is 8.78 Å². The van der Waals surface area contributed by atoms with E-state index in [0.717, 1.165) is 23.4 Å². The van der Waals surface area contributed by atoms with Gasteiger partial charge in [0.15, 0.2) is 11.6 Å². The largest absolute Gasteiger partial charge is 0.436 e. The van der Waals surface area contributed by atoms with Crippen molar-refractivity contribution in [3.8, 4) is 17.3 Å². The predicted molar refractivity (Wildman–Crippen MR) is 116 cm³/mol. The molecule has 0 radical (unpaired) electrons. The number of hydrogen-bond donors (Lipinski definition) is 0. The van der Waals surface area contributed by atoms with Crippen molar-refractivity contribution in [2.24, 2.45) is 0 Å². The van der Waals surface area contributed by atoms with E-state index in [1.165, 1.54) is 6.07 Å². The molecule has 5 nitrogen and oxygen atoms in total. The zero-order chi connectivity index (χ0) is 22.5. The van der Waals surface area contributed by atoms with Crippen LogP contribution in [-0.2, 0) is 11.2 Å². The lowest BCUT2D eigenvalue weighted by Crippen LogP contribution is -2.30. The Morgan fingerprint density at radius 2 is 1.84 bits per heavy atom. The van der Waals surface area contributed by atoms with Crippen molar-refractivity contribution in [1.82, 2.24) is 14.7 Å². The molecule has 0 aliphatic rings. The van der Waals surface area contributed by atoms with Crippen LogP contribution in [-0.4, -0.2) is 33.7 Å². The zero-order valence-corrected chi connectivity index (χ0v) is 18.3. The van der Waals surface area contributed by atoms with Crippen molar-refractivity contribution in [3.63, 3.8) is 0 Å². The van der Waals surface area contributed by atoms with Gasteiger partial charge in [-0.15, -0.1) is 0 Å². The van der Waals surface area contributed by atoms with Crippen LogP contribution >= 0.6 is 0 Å². The van der Waals surface area contributed by atoms with Gasteiger partial charge in [0.1, 0.15) is 5.82 Å². The second kappa shape index (κ2) is 9.73. The third-order valence-corrected chi connectivity index (χ3v) is 5.19. The predicted octanol–water partition coefficient (Wildman–Crippen LogP) is 5.36. The molecule has 3 rings (SSSR count). The zero-order valence-electron chi connectivity index (χ0n) is 18.3. The van der Waals surface area contributed by atoms with Crippen molar-refractivity contribution in [2.45, 2.75) is 40.5 Å². The number of amides is 1. The summed E-state index contributed by atoms with van der Waals surface area (Å²) in [6.07, 6.45) is 0.676. The first-order valence-corrected chi connectivity index (χ1v) is 10.4. The smallest absolute Gasteiger partial charge is 0.226 e. The van der Waals surface area contributed by atoms with Crippen molar-refractivity contribution in [2.75, 3.05) is 13.1 Å². The quantitative estimate of drug-likeness (QED) is 0.486. The molecule has 1 aromatic heterocycles.